The molecule has 2 aromatic rings. The number of esters is 1. The van der Waals surface area contributed by atoms with E-state index in [1.807, 2.05) is 30.3 Å². The molecule has 0 N–H and O–H groups in total. The number of ether oxygens (including phenoxy) is 2. The van der Waals surface area contributed by atoms with Crippen LogP contribution in [-0.4, -0.2) is 13.1 Å². The van der Waals surface area contributed by atoms with E-state index < -0.39 is 11.0 Å². The zero-order valence-electron chi connectivity index (χ0n) is 10.2. The molecule has 0 bridgehead atoms. The zero-order valence-corrected chi connectivity index (χ0v) is 11.0. The van der Waals surface area contributed by atoms with Crippen LogP contribution < -0.4 is 4.74 Å². The average molecular weight is 275 g/mol. The van der Waals surface area contributed by atoms with Crippen LogP contribution in [0.25, 0.3) is 0 Å². The quantitative estimate of drug-likeness (QED) is 0.623. The van der Waals surface area contributed by atoms with E-state index in [0.29, 0.717) is 16.9 Å². The summed E-state index contributed by atoms with van der Waals surface area (Å²) in [5.41, 5.74) is 1.81. The van der Waals surface area contributed by atoms with Gasteiger partial charge in [0, 0.05) is 11.1 Å². The number of cyclic esters (lactones) is 1. The molecule has 2 aromatic carbocycles. The first kappa shape index (κ1) is 12.1. The maximum Gasteiger partial charge on any atom is 0.340 e. The lowest BCUT2D eigenvalue weighted by molar-refractivity contribution is 0.0366. The molecule has 0 aromatic heterocycles. The third-order valence-electron chi connectivity index (χ3n) is 3.17. The molecule has 1 aliphatic rings. The number of benzene rings is 2. The van der Waals surface area contributed by atoms with E-state index in [9.17, 15) is 4.79 Å². The van der Waals surface area contributed by atoms with Crippen molar-refractivity contribution in [2.24, 2.45) is 0 Å². The number of carbonyl (C=O) groups excluding carboxylic acids is 1. The molecule has 0 fully saturated rings. The van der Waals surface area contributed by atoms with Gasteiger partial charge in [0.15, 0.2) is 0 Å². The van der Waals surface area contributed by atoms with Gasteiger partial charge in [0.1, 0.15) is 5.75 Å². The van der Waals surface area contributed by atoms with Crippen LogP contribution in [0.5, 0.6) is 5.75 Å². The maximum absolute atomic E-state index is 11.9. The van der Waals surface area contributed by atoms with Gasteiger partial charge in [0.25, 0.3) is 0 Å². The van der Waals surface area contributed by atoms with Crippen molar-refractivity contribution in [3.05, 3.63) is 65.2 Å². The third-order valence-corrected chi connectivity index (χ3v) is 3.67. The predicted molar refractivity (Wildman–Crippen MR) is 71.5 cm³/mol. The summed E-state index contributed by atoms with van der Waals surface area (Å²) >= 11 is 6.55. The van der Waals surface area contributed by atoms with Crippen molar-refractivity contribution >= 4 is 17.6 Å². The summed E-state index contributed by atoms with van der Waals surface area (Å²) in [6, 6.07) is 14.4. The van der Waals surface area contributed by atoms with Gasteiger partial charge in [0.05, 0.1) is 12.7 Å². The topological polar surface area (TPSA) is 35.5 Å². The van der Waals surface area contributed by atoms with Crippen LogP contribution >= 0.6 is 11.6 Å². The minimum absolute atomic E-state index is 0.420. The summed E-state index contributed by atoms with van der Waals surface area (Å²) < 4.78 is 10.6. The standard InChI is InChI=1S/C15H11ClO3/c1-18-11-7-8-12-13(9-11)15(16,19-14(12)17)10-5-3-2-4-6-10/h2-9H,1H3. The molecule has 0 radical (unpaired) electrons. The molecule has 0 aliphatic carbocycles. The van der Waals surface area contributed by atoms with Crippen molar-refractivity contribution < 1.29 is 14.3 Å². The Bertz CT molecular complexity index is 639. The Morgan fingerprint density at radius 3 is 2.58 bits per heavy atom. The van der Waals surface area contributed by atoms with Gasteiger partial charge >= 0.3 is 5.97 Å². The third kappa shape index (κ3) is 1.78. The Hall–Kier alpha value is -2.00. The molecule has 1 atom stereocenters. The Balaban J connectivity index is 2.20. The molecule has 0 saturated heterocycles. The number of halogens is 1. The van der Waals surface area contributed by atoms with Gasteiger partial charge in [-0.1, -0.05) is 41.9 Å². The van der Waals surface area contributed by atoms with Crippen LogP contribution in [0.15, 0.2) is 48.5 Å². The molecule has 3 nitrogen and oxygen atoms in total. The summed E-state index contributed by atoms with van der Waals surface area (Å²) in [4.78, 5) is 11.9. The van der Waals surface area contributed by atoms with Crippen LogP contribution in [0.4, 0.5) is 0 Å². The minimum Gasteiger partial charge on any atom is -0.497 e. The lowest BCUT2D eigenvalue weighted by atomic mass is 9.98. The Kier molecular flexibility index (Phi) is 2.72. The summed E-state index contributed by atoms with van der Waals surface area (Å²) in [7, 11) is 1.57. The fraction of sp³-hybridized carbons (Fsp3) is 0.133. The van der Waals surface area contributed by atoms with E-state index in [4.69, 9.17) is 21.1 Å². The summed E-state index contributed by atoms with van der Waals surface area (Å²) in [6.45, 7) is 0. The van der Waals surface area contributed by atoms with Gasteiger partial charge in [-0.05, 0) is 18.2 Å². The highest BCUT2D eigenvalue weighted by molar-refractivity contribution is 6.27. The van der Waals surface area contributed by atoms with E-state index in [0.717, 1.165) is 5.56 Å². The van der Waals surface area contributed by atoms with Crippen LogP contribution in [0.3, 0.4) is 0 Å². The van der Waals surface area contributed by atoms with Crippen molar-refractivity contribution in [2.45, 2.75) is 5.06 Å². The first-order chi connectivity index (χ1) is 9.15. The fourth-order valence-corrected chi connectivity index (χ4v) is 2.55. The smallest absolute Gasteiger partial charge is 0.340 e. The van der Waals surface area contributed by atoms with Crippen molar-refractivity contribution in [1.82, 2.24) is 0 Å². The van der Waals surface area contributed by atoms with Crippen LogP contribution in [0, 0.1) is 0 Å². The highest BCUT2D eigenvalue weighted by Gasteiger charge is 2.45. The van der Waals surface area contributed by atoms with Crippen molar-refractivity contribution in [3.63, 3.8) is 0 Å². The first-order valence-electron chi connectivity index (χ1n) is 5.81. The number of methoxy groups -OCH3 is 1. The molecular formula is C15H11ClO3. The number of fused-ring (bicyclic) bond motifs is 1. The van der Waals surface area contributed by atoms with E-state index in [-0.39, 0.29) is 0 Å². The SMILES string of the molecule is COc1ccc2c(c1)C(Cl)(c1ccccc1)OC2=O. The molecule has 0 saturated carbocycles. The van der Waals surface area contributed by atoms with E-state index >= 15 is 0 Å². The zero-order chi connectivity index (χ0) is 13.5. The van der Waals surface area contributed by atoms with E-state index in [1.54, 1.807) is 25.3 Å². The molecule has 3 rings (SSSR count). The van der Waals surface area contributed by atoms with Gasteiger partial charge in [-0.15, -0.1) is 0 Å². The Labute approximate surface area is 115 Å². The average Bonchev–Trinajstić information content (AvgIpc) is 2.72. The molecule has 1 aliphatic heterocycles. The first-order valence-corrected chi connectivity index (χ1v) is 6.19. The van der Waals surface area contributed by atoms with Gasteiger partial charge in [0.2, 0.25) is 5.06 Å². The molecular weight excluding hydrogens is 264 g/mol. The summed E-state index contributed by atoms with van der Waals surface area (Å²) in [5, 5.41) is -1.28. The Morgan fingerprint density at radius 2 is 1.89 bits per heavy atom. The highest BCUT2D eigenvalue weighted by atomic mass is 35.5. The normalized spacial score (nSPS) is 20.8. The fourth-order valence-electron chi connectivity index (χ4n) is 2.20. The number of hydrogen-bond donors (Lipinski definition) is 0. The maximum atomic E-state index is 11.9. The number of rotatable bonds is 2. The number of hydrogen-bond acceptors (Lipinski definition) is 3. The highest BCUT2D eigenvalue weighted by Crippen LogP contribution is 2.46. The second-order valence-electron chi connectivity index (χ2n) is 4.26. The molecule has 0 spiro atoms. The van der Waals surface area contributed by atoms with Crippen molar-refractivity contribution in [2.75, 3.05) is 7.11 Å². The monoisotopic (exact) mass is 274 g/mol. The van der Waals surface area contributed by atoms with Gasteiger partial charge in [-0.3, -0.25) is 0 Å². The van der Waals surface area contributed by atoms with E-state index in [2.05, 4.69) is 0 Å². The lowest BCUT2D eigenvalue weighted by Crippen LogP contribution is -2.20. The largest absolute Gasteiger partial charge is 0.497 e. The van der Waals surface area contributed by atoms with Crippen LogP contribution in [0.1, 0.15) is 21.5 Å². The second kappa shape index (κ2) is 4.28. The minimum atomic E-state index is -1.28. The lowest BCUT2D eigenvalue weighted by Gasteiger charge is -2.21. The number of alkyl halides is 1. The van der Waals surface area contributed by atoms with E-state index in [1.165, 1.54) is 0 Å². The van der Waals surface area contributed by atoms with Crippen molar-refractivity contribution in [1.29, 1.82) is 0 Å². The van der Waals surface area contributed by atoms with Crippen LogP contribution in [-0.2, 0) is 9.80 Å². The molecule has 96 valence electrons. The predicted octanol–water partition coefficient (Wildman–Crippen LogP) is 3.31. The Morgan fingerprint density at radius 1 is 1.16 bits per heavy atom. The van der Waals surface area contributed by atoms with Gasteiger partial charge in [-0.2, -0.15) is 0 Å². The molecule has 0 amide bonds. The van der Waals surface area contributed by atoms with Gasteiger partial charge in [-0.25, -0.2) is 4.79 Å². The van der Waals surface area contributed by atoms with Gasteiger partial charge < -0.3 is 9.47 Å². The molecule has 1 unspecified atom stereocenters. The summed E-state index contributed by atoms with van der Waals surface area (Å²) in [6.07, 6.45) is 0. The molecule has 19 heavy (non-hydrogen) atoms. The molecule has 1 heterocycles. The molecule has 4 heteroatoms. The van der Waals surface area contributed by atoms with Crippen LogP contribution in [0.2, 0.25) is 0 Å². The van der Waals surface area contributed by atoms with Crippen molar-refractivity contribution in [3.8, 4) is 5.75 Å². The summed E-state index contributed by atoms with van der Waals surface area (Å²) in [5.74, 6) is 0.217. The second-order valence-corrected chi connectivity index (χ2v) is 4.79. The number of carbonyl (C=O) groups is 1.